The number of primary amides is 1. The number of piperidine rings is 1. The number of carbonyl (C=O) groups excluding carboxylic acids is 1. The van der Waals surface area contributed by atoms with Crippen molar-refractivity contribution >= 4 is 5.91 Å². The normalized spacial score (nSPS) is 36.5. The van der Waals surface area contributed by atoms with E-state index < -0.39 is 5.54 Å². The lowest BCUT2D eigenvalue weighted by molar-refractivity contribution is -0.125. The maximum Gasteiger partial charge on any atom is 0.238 e. The average molecular weight is 267 g/mol. The summed E-state index contributed by atoms with van der Waals surface area (Å²) in [7, 11) is 1.88. The first-order chi connectivity index (χ1) is 9.10. The molecule has 2 fully saturated rings. The number of hydrogen-bond acceptors (Lipinski definition) is 3. The van der Waals surface area contributed by atoms with Gasteiger partial charge >= 0.3 is 0 Å². The highest BCUT2D eigenvalue weighted by molar-refractivity contribution is 5.85. The third-order valence-electron chi connectivity index (χ3n) is 5.41. The molecule has 0 spiro atoms. The molecule has 2 aliphatic rings. The van der Waals surface area contributed by atoms with Gasteiger partial charge in [-0.1, -0.05) is 12.8 Å². The summed E-state index contributed by atoms with van der Waals surface area (Å²) in [5.41, 5.74) is 5.21. The van der Waals surface area contributed by atoms with Crippen LogP contribution in [0.4, 0.5) is 0 Å². The molecule has 1 saturated heterocycles. The molecule has 3 atom stereocenters. The van der Waals surface area contributed by atoms with Crippen molar-refractivity contribution in [1.29, 1.82) is 0 Å². The summed E-state index contributed by atoms with van der Waals surface area (Å²) in [6.45, 7) is 4.66. The maximum atomic E-state index is 11.8. The zero-order valence-electron chi connectivity index (χ0n) is 12.5. The van der Waals surface area contributed by atoms with Crippen molar-refractivity contribution in [2.75, 3.05) is 20.1 Å². The van der Waals surface area contributed by atoms with Gasteiger partial charge in [0.2, 0.25) is 5.91 Å². The van der Waals surface area contributed by atoms with Crippen molar-refractivity contribution in [2.45, 2.75) is 63.5 Å². The van der Waals surface area contributed by atoms with Crippen molar-refractivity contribution in [3.05, 3.63) is 0 Å². The standard InChI is InChI=1S/C15H29N3O/c1-12-6-3-4-10-18(12)11-8-13-7-5-9-15(13,17-2)14(16)19/h12-13,17H,3-11H2,1-2H3,(H2,16,19). The molecular weight excluding hydrogens is 238 g/mol. The van der Waals surface area contributed by atoms with Crippen LogP contribution in [0.1, 0.15) is 51.9 Å². The minimum absolute atomic E-state index is 0.163. The van der Waals surface area contributed by atoms with Crippen molar-refractivity contribution in [2.24, 2.45) is 11.7 Å². The van der Waals surface area contributed by atoms with Crippen LogP contribution in [-0.2, 0) is 4.79 Å². The van der Waals surface area contributed by atoms with Gasteiger partial charge in [-0.05, 0) is 65.1 Å². The second kappa shape index (κ2) is 6.23. The monoisotopic (exact) mass is 267 g/mol. The molecule has 1 aliphatic heterocycles. The smallest absolute Gasteiger partial charge is 0.238 e. The van der Waals surface area contributed by atoms with Gasteiger partial charge in [0.15, 0.2) is 0 Å². The number of likely N-dealkylation sites (N-methyl/N-ethyl adjacent to an activating group) is 1. The zero-order chi connectivity index (χ0) is 13.9. The van der Waals surface area contributed by atoms with E-state index in [4.69, 9.17) is 5.73 Å². The van der Waals surface area contributed by atoms with Gasteiger partial charge in [-0.15, -0.1) is 0 Å². The second-order valence-electron chi connectivity index (χ2n) is 6.34. The van der Waals surface area contributed by atoms with E-state index in [0.29, 0.717) is 12.0 Å². The van der Waals surface area contributed by atoms with Gasteiger partial charge in [0.1, 0.15) is 5.54 Å². The number of amides is 1. The SMILES string of the molecule is CNC1(C(N)=O)CCCC1CCN1CCCCC1C. The molecule has 3 unspecified atom stereocenters. The Labute approximate surface area is 117 Å². The topological polar surface area (TPSA) is 58.4 Å². The van der Waals surface area contributed by atoms with Crippen molar-refractivity contribution in [3.8, 4) is 0 Å². The molecule has 19 heavy (non-hydrogen) atoms. The number of likely N-dealkylation sites (tertiary alicyclic amines) is 1. The van der Waals surface area contributed by atoms with Crippen LogP contribution in [0.5, 0.6) is 0 Å². The summed E-state index contributed by atoms with van der Waals surface area (Å²) in [6, 6.07) is 0.702. The van der Waals surface area contributed by atoms with Gasteiger partial charge in [0, 0.05) is 6.04 Å². The van der Waals surface area contributed by atoms with E-state index in [0.717, 1.165) is 32.2 Å². The molecule has 0 aromatic carbocycles. The Morgan fingerprint density at radius 2 is 2.16 bits per heavy atom. The fourth-order valence-electron chi connectivity index (χ4n) is 4.06. The fourth-order valence-corrected chi connectivity index (χ4v) is 4.06. The molecule has 110 valence electrons. The van der Waals surface area contributed by atoms with E-state index in [9.17, 15) is 4.79 Å². The molecule has 1 amide bonds. The van der Waals surface area contributed by atoms with Crippen molar-refractivity contribution < 1.29 is 4.79 Å². The number of hydrogen-bond donors (Lipinski definition) is 2. The van der Waals surface area contributed by atoms with Crippen LogP contribution in [0, 0.1) is 5.92 Å². The Hall–Kier alpha value is -0.610. The Morgan fingerprint density at radius 3 is 2.79 bits per heavy atom. The average Bonchev–Trinajstić information content (AvgIpc) is 2.82. The lowest BCUT2D eigenvalue weighted by atomic mass is 9.83. The maximum absolute atomic E-state index is 11.8. The third-order valence-corrected chi connectivity index (χ3v) is 5.41. The fraction of sp³-hybridized carbons (Fsp3) is 0.933. The van der Waals surface area contributed by atoms with Gasteiger partial charge in [0.05, 0.1) is 0 Å². The molecular formula is C15H29N3O. The number of nitrogens with zero attached hydrogens (tertiary/aromatic N) is 1. The Morgan fingerprint density at radius 1 is 1.37 bits per heavy atom. The summed E-state index contributed by atoms with van der Waals surface area (Å²) in [5.74, 6) is 0.244. The van der Waals surface area contributed by atoms with Crippen molar-refractivity contribution in [3.63, 3.8) is 0 Å². The first-order valence-electron chi connectivity index (χ1n) is 7.83. The minimum atomic E-state index is -0.445. The van der Waals surface area contributed by atoms with Crippen LogP contribution in [0.2, 0.25) is 0 Å². The number of nitrogens with two attached hydrogens (primary N) is 1. The molecule has 1 heterocycles. The van der Waals surface area contributed by atoms with Gasteiger partial charge in [-0.2, -0.15) is 0 Å². The predicted octanol–water partition coefficient (Wildman–Crippen LogP) is 1.49. The van der Waals surface area contributed by atoms with E-state index in [-0.39, 0.29) is 5.91 Å². The molecule has 4 heteroatoms. The van der Waals surface area contributed by atoms with E-state index in [1.165, 1.54) is 25.8 Å². The molecule has 4 nitrogen and oxygen atoms in total. The van der Waals surface area contributed by atoms with Crippen LogP contribution >= 0.6 is 0 Å². The first kappa shape index (κ1) is 14.8. The molecule has 0 bridgehead atoms. The molecule has 0 aromatic heterocycles. The van der Waals surface area contributed by atoms with Crippen LogP contribution in [0.15, 0.2) is 0 Å². The van der Waals surface area contributed by atoms with Gasteiger partial charge < -0.3 is 16.0 Å². The molecule has 3 N–H and O–H groups in total. The van der Waals surface area contributed by atoms with Gasteiger partial charge in [0.25, 0.3) is 0 Å². The van der Waals surface area contributed by atoms with Gasteiger partial charge in [-0.3, -0.25) is 4.79 Å². The Bertz CT molecular complexity index is 321. The predicted molar refractivity (Wildman–Crippen MR) is 77.8 cm³/mol. The van der Waals surface area contributed by atoms with Crippen LogP contribution in [0.25, 0.3) is 0 Å². The highest BCUT2D eigenvalue weighted by atomic mass is 16.1. The molecule has 2 rings (SSSR count). The molecule has 0 radical (unpaired) electrons. The molecule has 1 saturated carbocycles. The van der Waals surface area contributed by atoms with Crippen LogP contribution in [-0.4, -0.2) is 42.5 Å². The summed E-state index contributed by atoms with van der Waals surface area (Å²) < 4.78 is 0. The lowest BCUT2D eigenvalue weighted by Gasteiger charge is -2.37. The number of rotatable bonds is 5. The van der Waals surface area contributed by atoms with Gasteiger partial charge in [-0.25, -0.2) is 0 Å². The molecule has 0 aromatic rings. The van der Waals surface area contributed by atoms with E-state index >= 15 is 0 Å². The Balaban J connectivity index is 1.92. The molecule has 1 aliphatic carbocycles. The third kappa shape index (κ3) is 2.95. The first-order valence-corrected chi connectivity index (χ1v) is 7.83. The van der Waals surface area contributed by atoms with Crippen molar-refractivity contribution in [1.82, 2.24) is 10.2 Å². The summed E-state index contributed by atoms with van der Waals surface area (Å²) in [4.78, 5) is 14.4. The Kier molecular flexibility index (Phi) is 4.85. The quantitative estimate of drug-likeness (QED) is 0.793. The van der Waals surface area contributed by atoms with E-state index in [1.807, 2.05) is 7.05 Å². The number of carbonyl (C=O) groups is 1. The van der Waals surface area contributed by atoms with E-state index in [1.54, 1.807) is 0 Å². The largest absolute Gasteiger partial charge is 0.368 e. The lowest BCUT2D eigenvalue weighted by Crippen LogP contribution is -2.57. The second-order valence-corrected chi connectivity index (χ2v) is 6.34. The van der Waals surface area contributed by atoms with Crippen LogP contribution < -0.4 is 11.1 Å². The minimum Gasteiger partial charge on any atom is -0.368 e. The summed E-state index contributed by atoms with van der Waals surface area (Å²) in [6.07, 6.45) is 8.24. The summed E-state index contributed by atoms with van der Waals surface area (Å²) in [5, 5.41) is 3.23. The highest BCUT2D eigenvalue weighted by Gasteiger charge is 2.46. The highest BCUT2D eigenvalue weighted by Crippen LogP contribution is 2.38. The summed E-state index contributed by atoms with van der Waals surface area (Å²) >= 11 is 0. The van der Waals surface area contributed by atoms with E-state index in [2.05, 4.69) is 17.1 Å². The zero-order valence-corrected chi connectivity index (χ0v) is 12.5. The van der Waals surface area contributed by atoms with Crippen LogP contribution in [0.3, 0.4) is 0 Å². The number of nitrogens with one attached hydrogen (secondary N) is 1.